The number of aromatic amines is 1. The highest BCUT2D eigenvalue weighted by Crippen LogP contribution is 2.25. The topological polar surface area (TPSA) is 67.0 Å². The van der Waals surface area contributed by atoms with Crippen LogP contribution < -0.4 is 5.32 Å². The van der Waals surface area contributed by atoms with E-state index in [4.69, 9.17) is 4.74 Å². The van der Waals surface area contributed by atoms with Crippen molar-refractivity contribution in [2.45, 2.75) is 26.2 Å². The zero-order valence-corrected chi connectivity index (χ0v) is 12.2. The third kappa shape index (κ3) is 2.92. The van der Waals surface area contributed by atoms with Crippen LogP contribution in [0.25, 0.3) is 0 Å². The van der Waals surface area contributed by atoms with Gasteiger partial charge in [-0.05, 0) is 28.3 Å². The van der Waals surface area contributed by atoms with Gasteiger partial charge in [0.05, 0.1) is 16.8 Å². The summed E-state index contributed by atoms with van der Waals surface area (Å²) in [7, 11) is 0. The highest BCUT2D eigenvalue weighted by Gasteiger charge is 2.21. The van der Waals surface area contributed by atoms with Gasteiger partial charge in [0, 0.05) is 19.1 Å². The summed E-state index contributed by atoms with van der Waals surface area (Å²) >= 11 is 3.43. The second-order valence-corrected chi connectivity index (χ2v) is 5.69. The second kappa shape index (κ2) is 5.84. The maximum atomic E-state index is 12.0. The van der Waals surface area contributed by atoms with E-state index in [1.165, 1.54) is 0 Å². The Labute approximate surface area is 115 Å². The van der Waals surface area contributed by atoms with Gasteiger partial charge in [-0.15, -0.1) is 0 Å². The summed E-state index contributed by atoms with van der Waals surface area (Å²) in [6, 6.07) is 0. The van der Waals surface area contributed by atoms with Gasteiger partial charge in [0.15, 0.2) is 5.69 Å². The zero-order chi connectivity index (χ0) is 13.1. The van der Waals surface area contributed by atoms with Crippen LogP contribution in [0, 0.1) is 5.92 Å². The minimum atomic E-state index is -0.142. The Morgan fingerprint density at radius 3 is 3.00 bits per heavy atom. The molecule has 0 radical (unpaired) electrons. The van der Waals surface area contributed by atoms with Crippen molar-refractivity contribution in [1.29, 1.82) is 0 Å². The molecule has 5 nitrogen and oxygen atoms in total. The van der Waals surface area contributed by atoms with Gasteiger partial charge in [-0.25, -0.2) is 0 Å². The summed E-state index contributed by atoms with van der Waals surface area (Å²) < 4.78 is 6.03. The molecule has 1 amide bonds. The third-order valence-corrected chi connectivity index (χ3v) is 3.90. The lowest BCUT2D eigenvalue weighted by Gasteiger charge is -2.08. The monoisotopic (exact) mass is 315 g/mol. The number of hydrogen-bond acceptors (Lipinski definition) is 3. The lowest BCUT2D eigenvalue weighted by atomic mass is 10.1. The largest absolute Gasteiger partial charge is 0.381 e. The molecule has 1 unspecified atom stereocenters. The summed E-state index contributed by atoms with van der Waals surface area (Å²) in [5.74, 6) is 0.588. The highest BCUT2D eigenvalue weighted by molar-refractivity contribution is 9.10. The third-order valence-electron chi connectivity index (χ3n) is 3.10. The molecule has 0 aromatic carbocycles. The number of ether oxygens (including phenoxy) is 1. The Balaban J connectivity index is 1.96. The molecule has 1 aromatic rings. The smallest absolute Gasteiger partial charge is 0.272 e. The molecule has 0 saturated carbocycles. The molecule has 2 heterocycles. The van der Waals surface area contributed by atoms with E-state index in [2.05, 4.69) is 45.3 Å². The van der Waals surface area contributed by atoms with Crippen molar-refractivity contribution in [2.24, 2.45) is 5.92 Å². The van der Waals surface area contributed by atoms with Crippen LogP contribution in [0.1, 0.15) is 42.4 Å². The molecule has 1 aliphatic heterocycles. The molecule has 0 aliphatic carbocycles. The predicted octanol–water partition coefficient (Wildman–Crippen LogP) is 2.06. The number of carbonyl (C=O) groups is 1. The van der Waals surface area contributed by atoms with Gasteiger partial charge < -0.3 is 10.1 Å². The van der Waals surface area contributed by atoms with Gasteiger partial charge in [-0.3, -0.25) is 9.89 Å². The van der Waals surface area contributed by atoms with Crippen molar-refractivity contribution in [2.75, 3.05) is 19.8 Å². The number of aromatic nitrogens is 2. The molecule has 2 N–H and O–H groups in total. The number of rotatable bonds is 4. The molecule has 0 spiro atoms. The lowest BCUT2D eigenvalue weighted by Crippen LogP contribution is -2.30. The summed E-state index contributed by atoms with van der Waals surface area (Å²) in [4.78, 5) is 12.0. The molecule has 1 aliphatic rings. The van der Waals surface area contributed by atoms with E-state index in [9.17, 15) is 4.79 Å². The van der Waals surface area contributed by atoms with Crippen LogP contribution in [0.3, 0.4) is 0 Å². The Morgan fingerprint density at radius 2 is 2.44 bits per heavy atom. The lowest BCUT2D eigenvalue weighted by molar-refractivity contribution is 0.0939. The number of nitrogens with zero attached hydrogens (tertiary/aromatic N) is 1. The summed E-state index contributed by atoms with van der Waals surface area (Å²) in [6.45, 7) is 6.28. The number of halogens is 1. The van der Waals surface area contributed by atoms with E-state index in [-0.39, 0.29) is 5.91 Å². The fourth-order valence-corrected chi connectivity index (χ4v) is 2.76. The van der Waals surface area contributed by atoms with Crippen molar-refractivity contribution in [3.05, 3.63) is 15.9 Å². The van der Waals surface area contributed by atoms with Crippen LogP contribution in [0.5, 0.6) is 0 Å². The van der Waals surface area contributed by atoms with Crippen molar-refractivity contribution in [3.8, 4) is 0 Å². The highest BCUT2D eigenvalue weighted by atomic mass is 79.9. The minimum Gasteiger partial charge on any atom is -0.381 e. The molecule has 18 heavy (non-hydrogen) atoms. The maximum Gasteiger partial charge on any atom is 0.272 e. The first-order valence-electron chi connectivity index (χ1n) is 6.19. The molecule has 100 valence electrons. The second-order valence-electron chi connectivity index (χ2n) is 4.89. The standard InChI is InChI=1S/C12H18BrN3O2/c1-7(2)10-9(13)11(16-15-10)12(17)14-5-8-3-4-18-6-8/h7-8H,3-6H2,1-2H3,(H,14,17)(H,15,16). The van der Waals surface area contributed by atoms with E-state index in [0.717, 1.165) is 29.8 Å². The number of hydrogen-bond donors (Lipinski definition) is 2. The van der Waals surface area contributed by atoms with Crippen LogP contribution in [-0.4, -0.2) is 35.9 Å². The van der Waals surface area contributed by atoms with Crippen molar-refractivity contribution in [1.82, 2.24) is 15.5 Å². The average molecular weight is 316 g/mol. The van der Waals surface area contributed by atoms with E-state index in [0.29, 0.717) is 24.1 Å². The number of amides is 1. The number of carbonyl (C=O) groups excluding carboxylic acids is 1. The Kier molecular flexibility index (Phi) is 4.40. The average Bonchev–Trinajstić information content (AvgIpc) is 2.94. The van der Waals surface area contributed by atoms with Crippen LogP contribution in [0.4, 0.5) is 0 Å². The van der Waals surface area contributed by atoms with E-state index in [1.54, 1.807) is 0 Å². The molecule has 0 bridgehead atoms. The molecule has 1 atom stereocenters. The van der Waals surface area contributed by atoms with E-state index in [1.807, 2.05) is 0 Å². The fraction of sp³-hybridized carbons (Fsp3) is 0.667. The van der Waals surface area contributed by atoms with Crippen LogP contribution in [-0.2, 0) is 4.74 Å². The SMILES string of the molecule is CC(C)c1[nH]nc(C(=O)NCC2CCOC2)c1Br. The molecule has 6 heteroatoms. The quantitative estimate of drug-likeness (QED) is 0.893. The van der Waals surface area contributed by atoms with Crippen molar-refractivity contribution < 1.29 is 9.53 Å². The predicted molar refractivity (Wildman–Crippen MR) is 71.6 cm³/mol. The molecular formula is C12H18BrN3O2. The fourth-order valence-electron chi connectivity index (χ4n) is 1.94. The van der Waals surface area contributed by atoms with Gasteiger partial charge in [0.1, 0.15) is 0 Å². The molecular weight excluding hydrogens is 298 g/mol. The first kappa shape index (κ1) is 13.5. The van der Waals surface area contributed by atoms with Crippen LogP contribution in [0.2, 0.25) is 0 Å². The summed E-state index contributed by atoms with van der Waals surface area (Å²) in [5.41, 5.74) is 1.38. The Hall–Kier alpha value is -0.880. The Bertz CT molecular complexity index is 425. The van der Waals surface area contributed by atoms with Gasteiger partial charge >= 0.3 is 0 Å². The van der Waals surface area contributed by atoms with Gasteiger partial charge in [0.2, 0.25) is 0 Å². The van der Waals surface area contributed by atoms with E-state index >= 15 is 0 Å². The van der Waals surface area contributed by atoms with Gasteiger partial charge in [0.25, 0.3) is 5.91 Å². The molecule has 2 rings (SSSR count). The Morgan fingerprint density at radius 1 is 1.67 bits per heavy atom. The van der Waals surface area contributed by atoms with Crippen molar-refractivity contribution in [3.63, 3.8) is 0 Å². The van der Waals surface area contributed by atoms with Crippen LogP contribution >= 0.6 is 15.9 Å². The first-order valence-corrected chi connectivity index (χ1v) is 6.98. The van der Waals surface area contributed by atoms with E-state index < -0.39 is 0 Å². The van der Waals surface area contributed by atoms with Gasteiger partial charge in [-0.2, -0.15) is 5.10 Å². The first-order chi connectivity index (χ1) is 8.59. The van der Waals surface area contributed by atoms with Gasteiger partial charge in [-0.1, -0.05) is 13.8 Å². The van der Waals surface area contributed by atoms with Crippen molar-refractivity contribution >= 4 is 21.8 Å². The zero-order valence-electron chi connectivity index (χ0n) is 10.6. The summed E-state index contributed by atoms with van der Waals surface area (Å²) in [5, 5.41) is 9.87. The number of H-pyrrole nitrogens is 1. The molecule has 1 aromatic heterocycles. The minimum absolute atomic E-state index is 0.142. The maximum absolute atomic E-state index is 12.0. The number of nitrogens with one attached hydrogen (secondary N) is 2. The van der Waals surface area contributed by atoms with Crippen LogP contribution in [0.15, 0.2) is 4.47 Å². The molecule has 1 fully saturated rings. The normalized spacial score (nSPS) is 19.4. The molecule has 1 saturated heterocycles. The summed E-state index contributed by atoms with van der Waals surface area (Å²) in [6.07, 6.45) is 1.01.